The summed E-state index contributed by atoms with van der Waals surface area (Å²) < 4.78 is 0. The van der Waals surface area contributed by atoms with Gasteiger partial charge in [0.05, 0.1) is 0 Å². The van der Waals surface area contributed by atoms with Crippen LogP contribution in [0.3, 0.4) is 0 Å². The molecule has 0 unspecified atom stereocenters. The fourth-order valence-corrected chi connectivity index (χ4v) is 4.01. The highest BCUT2D eigenvalue weighted by atomic mass is 14.2. The second-order valence-corrected chi connectivity index (χ2v) is 7.31. The topological polar surface area (TPSA) is 0 Å². The smallest absolute Gasteiger partial charge is 0.00264 e. The molecular formula is C29H24. The second kappa shape index (κ2) is 7.77. The summed E-state index contributed by atoms with van der Waals surface area (Å²) in [6.07, 6.45) is 4.48. The predicted molar refractivity (Wildman–Crippen MR) is 129 cm³/mol. The van der Waals surface area contributed by atoms with Crippen LogP contribution in [-0.2, 0) is 6.42 Å². The molecule has 4 aromatic rings. The number of allylic oxidation sites excluding steroid dienone is 4. The van der Waals surface area contributed by atoms with Crippen molar-refractivity contribution in [3.8, 4) is 11.1 Å². The zero-order chi connectivity index (χ0) is 20.4. The molecule has 0 amide bonds. The van der Waals surface area contributed by atoms with E-state index < -0.39 is 0 Å². The summed E-state index contributed by atoms with van der Waals surface area (Å²) in [5.74, 6) is 0. The van der Waals surface area contributed by atoms with Gasteiger partial charge in [-0.15, -0.1) is 0 Å². The van der Waals surface area contributed by atoms with E-state index in [4.69, 9.17) is 0 Å². The maximum atomic E-state index is 4.26. The number of hydrogen-bond donors (Lipinski definition) is 0. The minimum absolute atomic E-state index is 0.823. The highest BCUT2D eigenvalue weighted by Gasteiger charge is 2.15. The zero-order valence-electron chi connectivity index (χ0n) is 16.6. The van der Waals surface area contributed by atoms with Crippen LogP contribution in [0.4, 0.5) is 0 Å². The molecule has 0 saturated carbocycles. The third kappa shape index (κ3) is 3.34. The van der Waals surface area contributed by atoms with Crippen molar-refractivity contribution in [2.75, 3.05) is 0 Å². The van der Waals surface area contributed by atoms with E-state index in [9.17, 15) is 0 Å². The molecule has 0 radical (unpaired) electrons. The third-order valence-corrected chi connectivity index (χ3v) is 5.46. The van der Waals surface area contributed by atoms with Crippen LogP contribution in [-0.4, -0.2) is 0 Å². The lowest BCUT2D eigenvalue weighted by atomic mass is 9.86. The highest BCUT2D eigenvalue weighted by Crippen LogP contribution is 2.41. The van der Waals surface area contributed by atoms with Crippen molar-refractivity contribution in [1.82, 2.24) is 0 Å². The summed E-state index contributed by atoms with van der Waals surface area (Å²) in [5.41, 5.74) is 6.84. The van der Waals surface area contributed by atoms with E-state index in [1.165, 1.54) is 38.2 Å². The lowest BCUT2D eigenvalue weighted by molar-refractivity contribution is 1.21. The van der Waals surface area contributed by atoms with Crippen LogP contribution in [0, 0.1) is 0 Å². The summed E-state index contributed by atoms with van der Waals surface area (Å²) in [7, 11) is 0. The van der Waals surface area contributed by atoms with Crippen LogP contribution in [0.15, 0.2) is 117 Å². The monoisotopic (exact) mass is 372 g/mol. The maximum Gasteiger partial charge on any atom is -0.00264 e. The van der Waals surface area contributed by atoms with Gasteiger partial charge in [0.25, 0.3) is 0 Å². The quantitative estimate of drug-likeness (QED) is 0.237. The molecule has 4 aromatic carbocycles. The molecule has 0 aliphatic carbocycles. The van der Waals surface area contributed by atoms with Gasteiger partial charge in [-0.1, -0.05) is 117 Å². The molecule has 0 heteroatoms. The number of hydrogen-bond acceptors (Lipinski definition) is 0. The van der Waals surface area contributed by atoms with Crippen LogP contribution in [0.2, 0.25) is 0 Å². The normalized spacial score (nSPS) is 10.8. The minimum atomic E-state index is 0.823. The van der Waals surface area contributed by atoms with Crippen molar-refractivity contribution in [3.05, 3.63) is 128 Å². The van der Waals surface area contributed by atoms with Gasteiger partial charge in [0, 0.05) is 0 Å². The average molecular weight is 373 g/mol. The number of rotatable bonds is 6. The predicted octanol–water partition coefficient (Wildman–Crippen LogP) is 8.14. The lowest BCUT2D eigenvalue weighted by Gasteiger charge is -2.17. The van der Waals surface area contributed by atoms with Gasteiger partial charge < -0.3 is 0 Å². The van der Waals surface area contributed by atoms with E-state index in [2.05, 4.69) is 99.1 Å². The summed E-state index contributed by atoms with van der Waals surface area (Å²) in [4.78, 5) is 0. The molecule has 0 saturated heterocycles. The highest BCUT2D eigenvalue weighted by molar-refractivity contribution is 6.19. The minimum Gasteiger partial charge on any atom is -0.0988 e. The van der Waals surface area contributed by atoms with Gasteiger partial charge in [0.1, 0.15) is 0 Å². The van der Waals surface area contributed by atoms with Gasteiger partial charge in [0.15, 0.2) is 0 Å². The molecule has 0 bridgehead atoms. The maximum absolute atomic E-state index is 4.26. The van der Waals surface area contributed by atoms with E-state index in [0.29, 0.717) is 0 Å². The van der Waals surface area contributed by atoms with Gasteiger partial charge >= 0.3 is 0 Å². The summed E-state index contributed by atoms with van der Waals surface area (Å²) in [6, 6.07) is 25.9. The lowest BCUT2D eigenvalue weighted by Crippen LogP contribution is -1.92. The first-order valence-corrected chi connectivity index (χ1v) is 9.78. The Bertz CT molecular complexity index is 1210. The van der Waals surface area contributed by atoms with Crippen LogP contribution in [0.5, 0.6) is 0 Å². The van der Waals surface area contributed by atoms with Gasteiger partial charge in [-0.2, -0.15) is 0 Å². The molecule has 0 aliphatic heterocycles. The van der Waals surface area contributed by atoms with Crippen molar-refractivity contribution in [2.45, 2.75) is 6.42 Å². The molecule has 0 aromatic heterocycles. The summed E-state index contributed by atoms with van der Waals surface area (Å²) >= 11 is 0. The van der Waals surface area contributed by atoms with Crippen molar-refractivity contribution < 1.29 is 0 Å². The first-order valence-electron chi connectivity index (χ1n) is 9.78. The Morgan fingerprint density at radius 1 is 0.655 bits per heavy atom. The molecule has 0 nitrogen and oxygen atoms in total. The van der Waals surface area contributed by atoms with E-state index in [-0.39, 0.29) is 0 Å². The van der Waals surface area contributed by atoms with Gasteiger partial charge in [0.2, 0.25) is 0 Å². The first kappa shape index (κ1) is 18.7. The van der Waals surface area contributed by atoms with E-state index in [1.807, 2.05) is 12.2 Å². The van der Waals surface area contributed by atoms with Crippen LogP contribution in [0.1, 0.15) is 11.1 Å². The van der Waals surface area contributed by atoms with E-state index in [1.54, 1.807) is 0 Å². The van der Waals surface area contributed by atoms with Crippen LogP contribution >= 0.6 is 0 Å². The molecular weight excluding hydrogens is 348 g/mol. The average Bonchev–Trinajstić information content (AvgIpc) is 2.77. The molecule has 0 atom stereocenters. The van der Waals surface area contributed by atoms with E-state index >= 15 is 0 Å². The Morgan fingerprint density at radius 2 is 1.17 bits per heavy atom. The Kier molecular flexibility index (Phi) is 5.01. The standard InChI is InChI=1S/C29H24/c1-5-20(3)19-22-15-17-23(18-16-22)29-26-13-9-7-11-24(26)28(21(4)6-2)25-12-8-10-14-27(25)29/h5-18H,1-4,19H2. The van der Waals surface area contributed by atoms with Crippen LogP contribution < -0.4 is 0 Å². The Morgan fingerprint density at radius 3 is 1.66 bits per heavy atom. The van der Waals surface area contributed by atoms with E-state index in [0.717, 1.165) is 23.1 Å². The fraction of sp³-hybridized carbons (Fsp3) is 0.0345. The molecule has 0 fully saturated rings. The van der Waals surface area contributed by atoms with Crippen molar-refractivity contribution in [3.63, 3.8) is 0 Å². The second-order valence-electron chi connectivity index (χ2n) is 7.31. The Labute approximate surface area is 172 Å². The van der Waals surface area contributed by atoms with Gasteiger partial charge in [-0.25, -0.2) is 0 Å². The third-order valence-electron chi connectivity index (χ3n) is 5.46. The van der Waals surface area contributed by atoms with Crippen molar-refractivity contribution in [1.29, 1.82) is 0 Å². The first-order chi connectivity index (χ1) is 14.1. The van der Waals surface area contributed by atoms with Crippen molar-refractivity contribution in [2.24, 2.45) is 0 Å². The SMILES string of the molecule is C=CC(=C)Cc1ccc(-c2c3ccccc3c(C(=C)C=C)c3ccccc23)cc1. The molecule has 0 aliphatic rings. The molecule has 4 rings (SSSR count). The molecule has 0 N–H and O–H groups in total. The largest absolute Gasteiger partial charge is 0.0988 e. The van der Waals surface area contributed by atoms with Crippen molar-refractivity contribution >= 4 is 27.1 Å². The number of fused-ring (bicyclic) bond motifs is 2. The summed E-state index contributed by atoms with van der Waals surface area (Å²) in [6.45, 7) is 16.1. The summed E-state index contributed by atoms with van der Waals surface area (Å²) in [5, 5.41) is 4.87. The molecule has 0 spiro atoms. The van der Waals surface area contributed by atoms with Crippen LogP contribution in [0.25, 0.3) is 38.2 Å². The fourth-order valence-electron chi connectivity index (χ4n) is 4.01. The van der Waals surface area contributed by atoms with Gasteiger partial charge in [-0.3, -0.25) is 0 Å². The molecule has 140 valence electrons. The zero-order valence-corrected chi connectivity index (χ0v) is 16.6. The number of benzene rings is 4. The Balaban J connectivity index is 2.02. The molecule has 29 heavy (non-hydrogen) atoms. The van der Waals surface area contributed by atoms with Gasteiger partial charge in [-0.05, 0) is 55.8 Å². The Hall–Kier alpha value is -3.64. The molecule has 0 heterocycles.